The van der Waals surface area contributed by atoms with Crippen LogP contribution in [0.2, 0.25) is 0 Å². The van der Waals surface area contributed by atoms with E-state index in [9.17, 15) is 9.59 Å². The molecule has 1 heterocycles. The summed E-state index contributed by atoms with van der Waals surface area (Å²) in [5.41, 5.74) is 3.88. The Morgan fingerprint density at radius 3 is 2.59 bits per heavy atom. The van der Waals surface area contributed by atoms with Crippen LogP contribution in [0.4, 0.5) is 0 Å². The van der Waals surface area contributed by atoms with Crippen LogP contribution in [-0.4, -0.2) is 43.7 Å². The molecule has 0 saturated heterocycles. The average Bonchev–Trinajstić information content (AvgIpc) is 3.16. The highest BCUT2D eigenvalue weighted by molar-refractivity contribution is 7.99. The summed E-state index contributed by atoms with van der Waals surface area (Å²) in [7, 11) is 0. The maximum absolute atomic E-state index is 12.1. The standard InChI is InChI=1S/C20H19N5O3S/c1-2-25-18(14-8-4-3-5-9-14)23-24-20(25)29-13-17(26)22-21-12-15-10-6-7-11-16(15)19(27)28/h3-12H,2,13H2,1H3,(H,22,26)(H,27,28)/b21-12-. The van der Waals surface area contributed by atoms with Gasteiger partial charge in [-0.15, -0.1) is 10.2 Å². The molecule has 0 atom stereocenters. The van der Waals surface area contributed by atoms with Gasteiger partial charge < -0.3 is 9.67 Å². The van der Waals surface area contributed by atoms with Crippen molar-refractivity contribution in [3.63, 3.8) is 0 Å². The highest BCUT2D eigenvalue weighted by Gasteiger charge is 2.14. The largest absolute Gasteiger partial charge is 0.478 e. The molecule has 3 aromatic rings. The third-order valence-electron chi connectivity index (χ3n) is 3.98. The highest BCUT2D eigenvalue weighted by atomic mass is 32.2. The molecular formula is C20H19N5O3S. The van der Waals surface area contributed by atoms with E-state index in [2.05, 4.69) is 20.7 Å². The Kier molecular flexibility index (Phi) is 6.75. The van der Waals surface area contributed by atoms with Gasteiger partial charge in [0.05, 0.1) is 17.5 Å². The molecule has 9 heteroatoms. The monoisotopic (exact) mass is 409 g/mol. The molecule has 0 aliphatic rings. The van der Waals surface area contributed by atoms with Crippen molar-refractivity contribution in [2.45, 2.75) is 18.6 Å². The number of thioether (sulfide) groups is 1. The number of hydrazone groups is 1. The molecule has 0 unspecified atom stereocenters. The van der Waals surface area contributed by atoms with Crippen molar-refractivity contribution in [2.75, 3.05) is 5.75 Å². The Bertz CT molecular complexity index is 1030. The summed E-state index contributed by atoms with van der Waals surface area (Å²) in [4.78, 5) is 23.3. The third-order valence-corrected chi connectivity index (χ3v) is 4.95. The molecule has 148 valence electrons. The van der Waals surface area contributed by atoms with Crippen molar-refractivity contribution in [2.24, 2.45) is 5.10 Å². The summed E-state index contributed by atoms with van der Waals surface area (Å²) in [5.74, 6) is -0.530. The molecule has 2 N–H and O–H groups in total. The van der Waals surface area contributed by atoms with Crippen molar-refractivity contribution in [3.8, 4) is 11.4 Å². The number of amides is 1. The number of rotatable bonds is 8. The fraction of sp³-hybridized carbons (Fsp3) is 0.150. The van der Waals surface area contributed by atoms with E-state index >= 15 is 0 Å². The second kappa shape index (κ2) is 9.65. The first kappa shape index (κ1) is 20.3. The molecule has 1 amide bonds. The van der Waals surface area contributed by atoms with Gasteiger partial charge in [-0.05, 0) is 13.0 Å². The smallest absolute Gasteiger partial charge is 0.336 e. The van der Waals surface area contributed by atoms with Crippen LogP contribution in [0.3, 0.4) is 0 Å². The van der Waals surface area contributed by atoms with Gasteiger partial charge in [0.15, 0.2) is 11.0 Å². The minimum absolute atomic E-state index is 0.102. The van der Waals surface area contributed by atoms with Gasteiger partial charge in [-0.1, -0.05) is 60.3 Å². The molecule has 3 rings (SSSR count). The lowest BCUT2D eigenvalue weighted by molar-refractivity contribution is -0.118. The molecular weight excluding hydrogens is 390 g/mol. The van der Waals surface area contributed by atoms with Crippen LogP contribution in [0.5, 0.6) is 0 Å². The van der Waals surface area contributed by atoms with E-state index in [-0.39, 0.29) is 17.2 Å². The molecule has 1 aromatic heterocycles. The second-order valence-corrected chi connectivity index (χ2v) is 6.83. The first-order valence-corrected chi connectivity index (χ1v) is 9.84. The van der Waals surface area contributed by atoms with Crippen molar-refractivity contribution in [1.29, 1.82) is 0 Å². The molecule has 0 aliphatic heterocycles. The molecule has 0 radical (unpaired) electrons. The van der Waals surface area contributed by atoms with Gasteiger partial charge in [-0.3, -0.25) is 4.79 Å². The van der Waals surface area contributed by atoms with Crippen LogP contribution in [0, 0.1) is 0 Å². The lowest BCUT2D eigenvalue weighted by Crippen LogP contribution is -2.20. The maximum Gasteiger partial charge on any atom is 0.336 e. The van der Waals surface area contributed by atoms with Crippen LogP contribution < -0.4 is 5.43 Å². The van der Waals surface area contributed by atoms with Gasteiger partial charge in [-0.25, -0.2) is 10.2 Å². The number of carboxylic acids is 1. The molecule has 0 spiro atoms. The van der Waals surface area contributed by atoms with Crippen LogP contribution in [0.1, 0.15) is 22.8 Å². The fourth-order valence-electron chi connectivity index (χ4n) is 2.62. The number of hydrogen-bond donors (Lipinski definition) is 2. The molecule has 0 aliphatic carbocycles. The number of aromatic nitrogens is 3. The molecule has 8 nitrogen and oxygen atoms in total. The Hall–Kier alpha value is -3.46. The summed E-state index contributed by atoms with van der Waals surface area (Å²) >= 11 is 1.26. The van der Waals surface area contributed by atoms with E-state index in [1.807, 2.05) is 41.8 Å². The number of carboxylic acid groups (broad SMARTS) is 1. The fourth-order valence-corrected chi connectivity index (χ4v) is 3.42. The van der Waals surface area contributed by atoms with Gasteiger partial charge in [0.25, 0.3) is 5.91 Å². The first-order chi connectivity index (χ1) is 14.1. The summed E-state index contributed by atoms with van der Waals surface area (Å²) in [5, 5.41) is 22.1. The quantitative estimate of drug-likeness (QED) is 0.336. The van der Waals surface area contributed by atoms with E-state index < -0.39 is 5.97 Å². The predicted octanol–water partition coefficient (Wildman–Crippen LogP) is 2.91. The van der Waals surface area contributed by atoms with Gasteiger partial charge in [0, 0.05) is 17.7 Å². The molecule has 0 bridgehead atoms. The van der Waals surface area contributed by atoms with Gasteiger partial charge >= 0.3 is 5.97 Å². The Morgan fingerprint density at radius 2 is 1.86 bits per heavy atom. The van der Waals surface area contributed by atoms with Gasteiger partial charge in [0.1, 0.15) is 0 Å². The van der Waals surface area contributed by atoms with Crippen LogP contribution >= 0.6 is 11.8 Å². The minimum atomic E-state index is -1.05. The number of nitrogens with one attached hydrogen (secondary N) is 1. The topological polar surface area (TPSA) is 109 Å². The zero-order valence-corrected chi connectivity index (χ0v) is 16.5. The van der Waals surface area contributed by atoms with Crippen LogP contribution in [0.25, 0.3) is 11.4 Å². The molecule has 0 fully saturated rings. The van der Waals surface area contributed by atoms with Crippen LogP contribution in [-0.2, 0) is 11.3 Å². The Morgan fingerprint density at radius 1 is 1.14 bits per heavy atom. The van der Waals surface area contributed by atoms with Crippen molar-refractivity contribution in [3.05, 3.63) is 65.7 Å². The lowest BCUT2D eigenvalue weighted by atomic mass is 10.1. The number of nitrogens with zero attached hydrogens (tertiary/aromatic N) is 4. The molecule has 2 aromatic carbocycles. The summed E-state index contributed by atoms with van der Waals surface area (Å²) in [6.07, 6.45) is 1.31. The van der Waals surface area contributed by atoms with E-state index in [1.54, 1.807) is 18.2 Å². The first-order valence-electron chi connectivity index (χ1n) is 8.85. The SMILES string of the molecule is CCn1c(SCC(=O)N/N=C\c2ccccc2C(=O)O)nnc1-c1ccccc1. The maximum atomic E-state index is 12.1. The van der Waals surface area contributed by atoms with E-state index in [1.165, 1.54) is 24.0 Å². The zero-order valence-electron chi connectivity index (χ0n) is 15.6. The van der Waals surface area contributed by atoms with Crippen molar-refractivity contribution < 1.29 is 14.7 Å². The van der Waals surface area contributed by atoms with E-state index in [0.717, 1.165) is 11.4 Å². The zero-order chi connectivity index (χ0) is 20.6. The van der Waals surface area contributed by atoms with E-state index in [4.69, 9.17) is 5.11 Å². The average molecular weight is 409 g/mol. The Labute approximate surface area is 171 Å². The van der Waals surface area contributed by atoms with Gasteiger partial charge in [-0.2, -0.15) is 5.10 Å². The second-order valence-electron chi connectivity index (χ2n) is 5.89. The molecule has 29 heavy (non-hydrogen) atoms. The minimum Gasteiger partial charge on any atom is -0.478 e. The Balaban J connectivity index is 1.60. The number of carbonyl (C=O) groups is 2. The van der Waals surface area contributed by atoms with Crippen molar-refractivity contribution >= 4 is 29.9 Å². The molecule has 0 saturated carbocycles. The summed E-state index contributed by atoms with van der Waals surface area (Å²) in [6.45, 7) is 2.66. The normalized spacial score (nSPS) is 10.9. The van der Waals surface area contributed by atoms with Crippen LogP contribution in [0.15, 0.2) is 64.9 Å². The number of benzene rings is 2. The highest BCUT2D eigenvalue weighted by Crippen LogP contribution is 2.23. The number of aromatic carboxylic acids is 1. The van der Waals surface area contributed by atoms with E-state index in [0.29, 0.717) is 17.3 Å². The van der Waals surface area contributed by atoms with Gasteiger partial charge in [0.2, 0.25) is 0 Å². The van der Waals surface area contributed by atoms with Crippen molar-refractivity contribution in [1.82, 2.24) is 20.2 Å². The number of hydrogen-bond acceptors (Lipinski definition) is 6. The lowest BCUT2D eigenvalue weighted by Gasteiger charge is -2.07. The summed E-state index contributed by atoms with van der Waals surface area (Å²) in [6, 6.07) is 16.1. The number of carbonyl (C=O) groups excluding carboxylic acids is 1. The predicted molar refractivity (Wildman–Crippen MR) is 111 cm³/mol. The third kappa shape index (κ3) is 5.08. The summed E-state index contributed by atoms with van der Waals surface area (Å²) < 4.78 is 1.94.